The molecule has 4 N–H and O–H groups in total. The van der Waals surface area contributed by atoms with Crippen molar-refractivity contribution in [3.63, 3.8) is 0 Å². The van der Waals surface area contributed by atoms with Gasteiger partial charge in [-0.05, 0) is 25.7 Å². The Morgan fingerprint density at radius 2 is 1.70 bits per heavy atom. The van der Waals surface area contributed by atoms with Crippen LogP contribution in [0.4, 0.5) is 0 Å². The fraction of sp³-hybridized carbons (Fsp3) is 0.933. The first-order valence-corrected chi connectivity index (χ1v) is 7.88. The van der Waals surface area contributed by atoms with Crippen LogP contribution in [0, 0.1) is 5.41 Å². The molecule has 1 amide bonds. The summed E-state index contributed by atoms with van der Waals surface area (Å²) in [5.74, 6) is 0.0397. The summed E-state index contributed by atoms with van der Waals surface area (Å²) < 4.78 is 5.34. The Hall–Kier alpha value is -0.650. The van der Waals surface area contributed by atoms with Crippen molar-refractivity contribution in [2.75, 3.05) is 26.4 Å². The minimum atomic E-state index is -0.510. The molecule has 0 aromatic rings. The second-order valence-electron chi connectivity index (χ2n) is 6.40. The molecule has 1 saturated heterocycles. The van der Waals surface area contributed by atoms with Crippen molar-refractivity contribution in [2.45, 2.75) is 56.9 Å². The van der Waals surface area contributed by atoms with E-state index >= 15 is 0 Å². The average molecular weight is 284 g/mol. The van der Waals surface area contributed by atoms with Gasteiger partial charge in [-0.3, -0.25) is 4.79 Å². The summed E-state index contributed by atoms with van der Waals surface area (Å²) >= 11 is 0. The number of ether oxygens (including phenoxy) is 1. The Morgan fingerprint density at radius 1 is 1.10 bits per heavy atom. The van der Waals surface area contributed by atoms with Gasteiger partial charge in [-0.1, -0.05) is 25.7 Å². The van der Waals surface area contributed by atoms with Gasteiger partial charge in [-0.15, -0.1) is 0 Å². The number of carbonyl (C=O) groups is 1. The van der Waals surface area contributed by atoms with Gasteiger partial charge < -0.3 is 20.9 Å². The van der Waals surface area contributed by atoms with Crippen LogP contribution >= 0.6 is 0 Å². The van der Waals surface area contributed by atoms with E-state index in [2.05, 4.69) is 5.32 Å². The fourth-order valence-corrected chi connectivity index (χ4v) is 3.39. The SMILES string of the molecule is NCC1(C(=O)NC2(CO)CCOCC2)CCCCCC1. The van der Waals surface area contributed by atoms with Crippen LogP contribution in [0.5, 0.6) is 0 Å². The minimum absolute atomic E-state index is 0.0250. The van der Waals surface area contributed by atoms with Crippen LogP contribution in [0.2, 0.25) is 0 Å². The highest BCUT2D eigenvalue weighted by Crippen LogP contribution is 2.35. The first kappa shape index (κ1) is 15.7. The van der Waals surface area contributed by atoms with E-state index in [4.69, 9.17) is 10.5 Å². The van der Waals surface area contributed by atoms with E-state index in [1.54, 1.807) is 0 Å². The first-order valence-electron chi connectivity index (χ1n) is 7.88. The van der Waals surface area contributed by atoms with E-state index in [-0.39, 0.29) is 12.5 Å². The molecule has 0 radical (unpaired) electrons. The van der Waals surface area contributed by atoms with Crippen molar-refractivity contribution in [2.24, 2.45) is 11.1 Å². The first-order chi connectivity index (χ1) is 9.66. The van der Waals surface area contributed by atoms with Crippen molar-refractivity contribution in [3.05, 3.63) is 0 Å². The monoisotopic (exact) mass is 284 g/mol. The lowest BCUT2D eigenvalue weighted by Crippen LogP contribution is -2.59. The summed E-state index contributed by atoms with van der Waals surface area (Å²) in [6, 6.07) is 0. The molecule has 1 heterocycles. The van der Waals surface area contributed by atoms with Crippen LogP contribution in [-0.4, -0.2) is 42.9 Å². The third kappa shape index (κ3) is 3.32. The van der Waals surface area contributed by atoms with Crippen LogP contribution in [0.3, 0.4) is 0 Å². The van der Waals surface area contributed by atoms with Crippen LogP contribution in [0.15, 0.2) is 0 Å². The zero-order valence-corrected chi connectivity index (χ0v) is 12.3. The second-order valence-corrected chi connectivity index (χ2v) is 6.40. The molecule has 5 heteroatoms. The topological polar surface area (TPSA) is 84.6 Å². The predicted molar refractivity (Wildman–Crippen MR) is 77.2 cm³/mol. The number of nitrogens with one attached hydrogen (secondary N) is 1. The largest absolute Gasteiger partial charge is 0.394 e. The Balaban J connectivity index is 2.07. The fourth-order valence-electron chi connectivity index (χ4n) is 3.39. The van der Waals surface area contributed by atoms with Gasteiger partial charge in [-0.2, -0.15) is 0 Å². The van der Waals surface area contributed by atoms with Gasteiger partial charge in [0.1, 0.15) is 0 Å². The van der Waals surface area contributed by atoms with Gasteiger partial charge in [-0.25, -0.2) is 0 Å². The summed E-state index contributed by atoms with van der Waals surface area (Å²) in [5.41, 5.74) is 5.01. The number of carbonyl (C=O) groups excluding carboxylic acids is 1. The van der Waals surface area contributed by atoms with E-state index in [9.17, 15) is 9.90 Å². The molecule has 2 aliphatic rings. The van der Waals surface area contributed by atoms with Crippen molar-refractivity contribution in [3.8, 4) is 0 Å². The Morgan fingerprint density at radius 3 is 2.20 bits per heavy atom. The maximum absolute atomic E-state index is 12.8. The van der Waals surface area contributed by atoms with E-state index in [0.29, 0.717) is 32.6 Å². The molecule has 2 fully saturated rings. The molecule has 0 spiro atoms. The molecule has 20 heavy (non-hydrogen) atoms. The molecule has 1 aliphatic heterocycles. The number of aliphatic hydroxyl groups is 1. The number of amides is 1. The lowest BCUT2D eigenvalue weighted by Gasteiger charge is -2.40. The van der Waals surface area contributed by atoms with Crippen LogP contribution in [-0.2, 0) is 9.53 Å². The summed E-state index contributed by atoms with van der Waals surface area (Å²) in [7, 11) is 0. The smallest absolute Gasteiger partial charge is 0.228 e. The lowest BCUT2D eigenvalue weighted by atomic mass is 9.78. The predicted octanol–water partition coefficient (Wildman–Crippen LogP) is 0.943. The molecule has 0 aromatic carbocycles. The van der Waals surface area contributed by atoms with Crippen molar-refractivity contribution in [1.82, 2.24) is 5.32 Å². The van der Waals surface area contributed by atoms with Gasteiger partial charge in [0.25, 0.3) is 0 Å². The Labute approximate surface area is 121 Å². The number of aliphatic hydroxyl groups excluding tert-OH is 1. The van der Waals surface area contributed by atoms with Gasteiger partial charge in [0.15, 0.2) is 0 Å². The van der Waals surface area contributed by atoms with E-state index in [1.807, 2.05) is 0 Å². The summed E-state index contributed by atoms with van der Waals surface area (Å²) in [6.07, 6.45) is 7.61. The molecule has 0 aromatic heterocycles. The summed E-state index contributed by atoms with van der Waals surface area (Å²) in [6.45, 7) is 1.56. The van der Waals surface area contributed by atoms with Gasteiger partial charge in [0.05, 0.1) is 17.6 Å². The highest BCUT2D eigenvalue weighted by atomic mass is 16.5. The number of nitrogens with two attached hydrogens (primary N) is 1. The molecule has 2 rings (SSSR count). The number of hydrogen-bond donors (Lipinski definition) is 3. The number of hydrogen-bond acceptors (Lipinski definition) is 4. The highest BCUT2D eigenvalue weighted by Gasteiger charge is 2.42. The molecule has 0 bridgehead atoms. The standard InChI is InChI=1S/C15H28N2O3/c16-11-14(5-3-1-2-4-6-14)13(19)17-15(12-18)7-9-20-10-8-15/h18H,1-12,16H2,(H,17,19). The van der Waals surface area contributed by atoms with Crippen LogP contribution in [0.1, 0.15) is 51.4 Å². The minimum Gasteiger partial charge on any atom is -0.394 e. The lowest BCUT2D eigenvalue weighted by molar-refractivity contribution is -0.135. The number of rotatable bonds is 4. The maximum Gasteiger partial charge on any atom is 0.228 e. The zero-order chi connectivity index (χ0) is 14.5. The van der Waals surface area contributed by atoms with E-state index in [1.165, 1.54) is 12.8 Å². The van der Waals surface area contributed by atoms with Crippen LogP contribution in [0.25, 0.3) is 0 Å². The highest BCUT2D eigenvalue weighted by molar-refractivity contribution is 5.83. The molecule has 5 nitrogen and oxygen atoms in total. The van der Waals surface area contributed by atoms with Crippen molar-refractivity contribution < 1.29 is 14.6 Å². The average Bonchev–Trinajstić information content (AvgIpc) is 2.74. The third-order valence-electron chi connectivity index (χ3n) is 5.06. The van der Waals surface area contributed by atoms with E-state index in [0.717, 1.165) is 25.7 Å². The molecule has 1 saturated carbocycles. The molecule has 1 aliphatic carbocycles. The summed E-state index contributed by atoms with van der Waals surface area (Å²) in [4.78, 5) is 12.8. The second kappa shape index (κ2) is 6.87. The quantitative estimate of drug-likeness (QED) is 0.671. The van der Waals surface area contributed by atoms with Gasteiger partial charge in [0.2, 0.25) is 5.91 Å². The summed E-state index contributed by atoms with van der Waals surface area (Å²) in [5, 5.41) is 12.8. The van der Waals surface area contributed by atoms with Gasteiger partial charge in [0, 0.05) is 19.8 Å². The third-order valence-corrected chi connectivity index (χ3v) is 5.06. The molecule has 0 atom stereocenters. The molecular formula is C15H28N2O3. The van der Waals surface area contributed by atoms with Crippen molar-refractivity contribution >= 4 is 5.91 Å². The normalized spacial score (nSPS) is 25.7. The van der Waals surface area contributed by atoms with Gasteiger partial charge >= 0.3 is 0 Å². The Kier molecular flexibility index (Phi) is 5.41. The molecule has 116 valence electrons. The zero-order valence-electron chi connectivity index (χ0n) is 12.3. The molecule has 0 unspecified atom stereocenters. The van der Waals surface area contributed by atoms with E-state index < -0.39 is 11.0 Å². The maximum atomic E-state index is 12.8. The van der Waals surface area contributed by atoms with Crippen molar-refractivity contribution in [1.29, 1.82) is 0 Å². The Bertz CT molecular complexity index is 319. The molecular weight excluding hydrogens is 256 g/mol. The van der Waals surface area contributed by atoms with Crippen LogP contribution < -0.4 is 11.1 Å².